The number of fused-ring (bicyclic) bond motifs is 1. The van der Waals surface area contributed by atoms with Crippen LogP contribution in [0.3, 0.4) is 0 Å². The van der Waals surface area contributed by atoms with Crippen molar-refractivity contribution in [2.45, 2.75) is 79.6 Å². The van der Waals surface area contributed by atoms with E-state index in [2.05, 4.69) is 20.4 Å². The first-order chi connectivity index (χ1) is 15.2. The molecule has 0 heterocycles. The van der Waals surface area contributed by atoms with Crippen molar-refractivity contribution in [3.8, 4) is 0 Å². The van der Waals surface area contributed by atoms with Gasteiger partial charge in [-0.3, -0.25) is 19.2 Å². The van der Waals surface area contributed by atoms with E-state index in [1.165, 1.54) is 20.8 Å². The molecular weight excluding hydrogens is 424 g/mol. The van der Waals surface area contributed by atoms with Crippen LogP contribution in [0.5, 0.6) is 0 Å². The van der Waals surface area contributed by atoms with Crippen molar-refractivity contribution in [1.29, 1.82) is 0 Å². The van der Waals surface area contributed by atoms with Gasteiger partial charge < -0.3 is 14.2 Å². The minimum Gasteiger partial charge on any atom is -0.461 e. The third-order valence-corrected chi connectivity index (χ3v) is 9.52. The molecular formula is C26H34O7. The van der Waals surface area contributed by atoms with Gasteiger partial charge in [0.05, 0.1) is 5.41 Å². The molecule has 4 rings (SSSR count). The highest BCUT2D eigenvalue weighted by atomic mass is 16.6. The van der Waals surface area contributed by atoms with E-state index in [1.807, 2.05) is 26.0 Å². The summed E-state index contributed by atoms with van der Waals surface area (Å²) in [6.07, 6.45) is 2.22. The van der Waals surface area contributed by atoms with Gasteiger partial charge in [-0.05, 0) is 17.4 Å². The number of rotatable bonds is 3. The smallest absolute Gasteiger partial charge is 0.303 e. The van der Waals surface area contributed by atoms with Gasteiger partial charge in [0, 0.05) is 49.9 Å². The van der Waals surface area contributed by atoms with Crippen LogP contribution in [0.25, 0.3) is 0 Å². The van der Waals surface area contributed by atoms with Gasteiger partial charge in [-0.2, -0.15) is 0 Å². The molecule has 0 amide bonds. The van der Waals surface area contributed by atoms with Crippen molar-refractivity contribution in [3.63, 3.8) is 0 Å². The van der Waals surface area contributed by atoms with E-state index in [-0.39, 0.29) is 18.1 Å². The highest BCUT2D eigenvalue weighted by Crippen LogP contribution is 2.86. The Kier molecular flexibility index (Phi) is 5.05. The van der Waals surface area contributed by atoms with Gasteiger partial charge in [0.25, 0.3) is 0 Å². The van der Waals surface area contributed by atoms with Gasteiger partial charge in [-0.1, -0.05) is 46.4 Å². The van der Waals surface area contributed by atoms with E-state index in [9.17, 15) is 19.2 Å². The molecule has 7 nitrogen and oxygen atoms in total. The Morgan fingerprint density at radius 1 is 0.939 bits per heavy atom. The highest BCUT2D eigenvalue weighted by Gasteiger charge is 2.91. The molecule has 2 spiro atoms. The predicted molar refractivity (Wildman–Crippen MR) is 119 cm³/mol. The van der Waals surface area contributed by atoms with Crippen molar-refractivity contribution in [3.05, 3.63) is 24.3 Å². The largest absolute Gasteiger partial charge is 0.461 e. The van der Waals surface area contributed by atoms with Gasteiger partial charge in [0.2, 0.25) is 0 Å². The first-order valence-corrected chi connectivity index (χ1v) is 11.6. The molecule has 0 radical (unpaired) electrons. The number of ether oxygens (including phenoxy) is 3. The van der Waals surface area contributed by atoms with E-state index in [0.29, 0.717) is 12.0 Å². The fourth-order valence-corrected chi connectivity index (χ4v) is 8.80. The van der Waals surface area contributed by atoms with Crippen molar-refractivity contribution in [1.82, 2.24) is 0 Å². The molecule has 180 valence electrons. The van der Waals surface area contributed by atoms with Crippen LogP contribution in [0.2, 0.25) is 0 Å². The minimum atomic E-state index is -0.998. The number of carbonyl (C=O) groups is 4. The maximum atomic E-state index is 13.5. The maximum Gasteiger partial charge on any atom is 0.303 e. The van der Waals surface area contributed by atoms with Crippen LogP contribution in [-0.2, 0) is 33.4 Å². The molecule has 4 aliphatic rings. The summed E-state index contributed by atoms with van der Waals surface area (Å²) in [7, 11) is 0. The topological polar surface area (TPSA) is 96.0 Å². The molecule has 0 N–H and O–H groups in total. The standard InChI is InChI=1S/C26H34O7/c1-13-10-9-11-24(8)21(32-16(4)28)22(33-17(5)29)26-14(2)19(30)12-18(23(26,6)7)20(25(13,24)26)31-15(3)27/h9-10,14,18,20-22H,1,11-12H2,2-8H3/t14-,18+,20-,21+,22+,24+,25-,26-/m1/s1. The quantitative estimate of drug-likeness (QED) is 0.471. The van der Waals surface area contributed by atoms with E-state index in [4.69, 9.17) is 14.2 Å². The number of Topliss-reactive ketones (excluding diaryl/α,β-unsaturated/α-hetero) is 1. The van der Waals surface area contributed by atoms with E-state index in [1.54, 1.807) is 0 Å². The number of ketones is 1. The maximum absolute atomic E-state index is 13.5. The normalized spacial score (nSPS) is 44.6. The van der Waals surface area contributed by atoms with Crippen molar-refractivity contribution in [2.24, 2.45) is 33.5 Å². The lowest BCUT2D eigenvalue weighted by Gasteiger charge is -2.58. The van der Waals surface area contributed by atoms with Gasteiger partial charge in [0.15, 0.2) is 0 Å². The lowest BCUT2D eigenvalue weighted by atomic mass is 9.43. The molecule has 0 aromatic heterocycles. The summed E-state index contributed by atoms with van der Waals surface area (Å²) in [5.41, 5.74) is -2.69. The lowest BCUT2D eigenvalue weighted by Crippen LogP contribution is -2.61. The summed E-state index contributed by atoms with van der Waals surface area (Å²) in [6, 6.07) is 0. The van der Waals surface area contributed by atoms with Crippen LogP contribution >= 0.6 is 0 Å². The fraction of sp³-hybridized carbons (Fsp3) is 0.692. The second-order valence-corrected chi connectivity index (χ2v) is 11.0. The van der Waals surface area contributed by atoms with Crippen LogP contribution in [0.1, 0.15) is 61.3 Å². The van der Waals surface area contributed by atoms with Crippen LogP contribution in [-0.4, -0.2) is 42.0 Å². The molecule has 2 bridgehead atoms. The first kappa shape index (κ1) is 23.7. The summed E-state index contributed by atoms with van der Waals surface area (Å²) in [6.45, 7) is 16.4. The molecule has 0 saturated heterocycles. The predicted octanol–water partition coefficient (Wildman–Crippen LogP) is 3.56. The molecule has 8 atom stereocenters. The molecule has 0 aromatic rings. The highest BCUT2D eigenvalue weighted by molar-refractivity contribution is 5.86. The number of carbonyl (C=O) groups excluding carboxylic acids is 4. The summed E-state index contributed by atoms with van der Waals surface area (Å²) < 4.78 is 18.1. The fourth-order valence-electron chi connectivity index (χ4n) is 8.80. The lowest BCUT2D eigenvalue weighted by molar-refractivity contribution is -0.194. The number of allylic oxidation sites excluding steroid dienone is 2. The van der Waals surface area contributed by atoms with Crippen molar-refractivity contribution < 1.29 is 33.4 Å². The molecule has 0 aliphatic heterocycles. The number of esters is 3. The average molecular weight is 459 g/mol. The minimum absolute atomic E-state index is 0.0266. The molecule has 0 aromatic carbocycles. The SMILES string of the molecule is C=C1C=CC[C@@]2(C)[C@@H](OC(C)=O)[C@H](OC(C)=O)[C@@]34[C@H](C)C(=O)C[C@@H]([C@@H](OC(C)=O)[C@@]132)C4(C)C. The molecule has 33 heavy (non-hydrogen) atoms. The van der Waals surface area contributed by atoms with E-state index in [0.717, 1.165) is 0 Å². The summed E-state index contributed by atoms with van der Waals surface area (Å²) in [5.74, 6) is -2.29. The zero-order valence-electron chi connectivity index (χ0n) is 20.5. The Hall–Kier alpha value is -2.44. The zero-order valence-corrected chi connectivity index (χ0v) is 20.5. The van der Waals surface area contributed by atoms with Gasteiger partial charge in [-0.15, -0.1) is 0 Å². The second-order valence-electron chi connectivity index (χ2n) is 11.0. The summed E-state index contributed by atoms with van der Waals surface area (Å²) in [5, 5.41) is 0. The molecule has 3 saturated carbocycles. The van der Waals surface area contributed by atoms with Crippen LogP contribution in [0.4, 0.5) is 0 Å². The van der Waals surface area contributed by atoms with Gasteiger partial charge in [-0.25, -0.2) is 0 Å². The van der Waals surface area contributed by atoms with Gasteiger partial charge in [0.1, 0.15) is 24.1 Å². The Balaban J connectivity index is 2.17. The molecule has 4 aliphatic carbocycles. The van der Waals surface area contributed by atoms with Crippen molar-refractivity contribution >= 4 is 23.7 Å². The summed E-state index contributed by atoms with van der Waals surface area (Å²) >= 11 is 0. The third-order valence-electron chi connectivity index (χ3n) is 9.52. The number of hydrogen-bond acceptors (Lipinski definition) is 7. The number of hydrogen-bond donors (Lipinski definition) is 0. The Morgan fingerprint density at radius 2 is 1.45 bits per heavy atom. The summed E-state index contributed by atoms with van der Waals surface area (Å²) in [4.78, 5) is 50.7. The second kappa shape index (κ2) is 7.03. The molecule has 0 unspecified atom stereocenters. The third kappa shape index (κ3) is 2.46. The Bertz CT molecular complexity index is 993. The van der Waals surface area contributed by atoms with Crippen LogP contribution < -0.4 is 0 Å². The molecule has 3 fully saturated rings. The monoisotopic (exact) mass is 458 g/mol. The van der Waals surface area contributed by atoms with Crippen LogP contribution in [0, 0.1) is 33.5 Å². The molecule has 7 heteroatoms. The Morgan fingerprint density at radius 3 is 2.00 bits per heavy atom. The van der Waals surface area contributed by atoms with Crippen LogP contribution in [0.15, 0.2) is 24.3 Å². The first-order valence-electron chi connectivity index (χ1n) is 11.6. The average Bonchev–Trinajstić information content (AvgIpc) is 2.92. The van der Waals surface area contributed by atoms with E-state index < -0.39 is 63.8 Å². The van der Waals surface area contributed by atoms with Gasteiger partial charge >= 0.3 is 17.9 Å². The Labute approximate surface area is 194 Å². The van der Waals surface area contributed by atoms with Crippen molar-refractivity contribution in [2.75, 3.05) is 0 Å². The van der Waals surface area contributed by atoms with E-state index >= 15 is 0 Å². The zero-order chi connectivity index (χ0) is 24.7.